The molecule has 4 aromatic rings. The Labute approximate surface area is 154 Å². The molecule has 0 unspecified atom stereocenters. The summed E-state index contributed by atoms with van der Waals surface area (Å²) in [5.74, 6) is 0.225. The molecule has 0 atom stereocenters. The van der Waals surface area contributed by atoms with E-state index in [4.69, 9.17) is 4.42 Å². The SMILES string of the molecule is Cc1oc(-c2cccc(F)c2)nc1CC(=O)Nc1cccc2cccnc12. The van der Waals surface area contributed by atoms with Crippen LogP contribution in [0.5, 0.6) is 0 Å². The number of carbonyl (C=O) groups excluding carboxylic acids is 1. The summed E-state index contributed by atoms with van der Waals surface area (Å²) in [6.45, 7) is 1.73. The van der Waals surface area contributed by atoms with Gasteiger partial charge in [-0.15, -0.1) is 0 Å². The predicted octanol–water partition coefficient (Wildman–Crippen LogP) is 4.52. The lowest BCUT2D eigenvalue weighted by atomic mass is 10.2. The van der Waals surface area contributed by atoms with Crippen molar-refractivity contribution >= 4 is 22.5 Å². The van der Waals surface area contributed by atoms with Crippen LogP contribution < -0.4 is 5.32 Å². The van der Waals surface area contributed by atoms with Gasteiger partial charge in [0.05, 0.1) is 23.3 Å². The lowest BCUT2D eigenvalue weighted by molar-refractivity contribution is -0.115. The van der Waals surface area contributed by atoms with Crippen LogP contribution in [0.15, 0.2) is 65.2 Å². The van der Waals surface area contributed by atoms with Crippen LogP contribution in [0.1, 0.15) is 11.5 Å². The van der Waals surface area contributed by atoms with Gasteiger partial charge in [0.25, 0.3) is 0 Å². The quantitative estimate of drug-likeness (QED) is 0.580. The van der Waals surface area contributed by atoms with Crippen LogP contribution in [0.3, 0.4) is 0 Å². The number of nitrogens with one attached hydrogen (secondary N) is 1. The number of oxazole rings is 1. The molecule has 2 heterocycles. The first-order valence-electron chi connectivity index (χ1n) is 8.46. The van der Waals surface area contributed by atoms with Crippen molar-refractivity contribution < 1.29 is 13.6 Å². The molecule has 0 bridgehead atoms. The standard InChI is InChI=1S/C21H16FN3O2/c1-13-18(25-21(27-13)15-6-2-8-16(22)11-15)12-19(26)24-17-9-3-5-14-7-4-10-23-20(14)17/h2-11H,12H2,1H3,(H,24,26). The minimum Gasteiger partial charge on any atom is -0.441 e. The fourth-order valence-corrected chi connectivity index (χ4v) is 2.89. The Hall–Kier alpha value is -3.54. The van der Waals surface area contributed by atoms with Gasteiger partial charge in [-0.3, -0.25) is 9.78 Å². The molecule has 0 saturated heterocycles. The zero-order valence-electron chi connectivity index (χ0n) is 14.6. The van der Waals surface area contributed by atoms with Crippen LogP contribution in [0.25, 0.3) is 22.4 Å². The lowest BCUT2D eigenvalue weighted by Gasteiger charge is -2.07. The average Bonchev–Trinajstić information content (AvgIpc) is 3.02. The highest BCUT2D eigenvalue weighted by Gasteiger charge is 2.16. The molecule has 0 aliphatic carbocycles. The Bertz CT molecular complexity index is 1130. The van der Waals surface area contributed by atoms with Gasteiger partial charge < -0.3 is 9.73 Å². The number of rotatable bonds is 4. The highest BCUT2D eigenvalue weighted by molar-refractivity contribution is 6.00. The van der Waals surface area contributed by atoms with Crippen molar-refractivity contribution in [2.45, 2.75) is 13.3 Å². The molecule has 134 valence electrons. The first-order valence-corrected chi connectivity index (χ1v) is 8.46. The van der Waals surface area contributed by atoms with Crippen LogP contribution in [0.4, 0.5) is 10.1 Å². The smallest absolute Gasteiger partial charge is 0.230 e. The second-order valence-electron chi connectivity index (χ2n) is 6.14. The third-order valence-corrected chi connectivity index (χ3v) is 4.20. The number of fused-ring (bicyclic) bond motifs is 1. The molecule has 0 spiro atoms. The van der Waals surface area contributed by atoms with Crippen molar-refractivity contribution in [2.24, 2.45) is 0 Å². The van der Waals surface area contributed by atoms with Crippen molar-refractivity contribution in [2.75, 3.05) is 5.32 Å². The van der Waals surface area contributed by atoms with Crippen molar-refractivity contribution in [3.05, 3.63) is 78.1 Å². The zero-order valence-corrected chi connectivity index (χ0v) is 14.6. The summed E-state index contributed by atoms with van der Waals surface area (Å²) in [5, 5.41) is 3.82. The number of hydrogen-bond donors (Lipinski definition) is 1. The average molecular weight is 361 g/mol. The highest BCUT2D eigenvalue weighted by atomic mass is 19.1. The van der Waals surface area contributed by atoms with E-state index in [0.717, 1.165) is 10.9 Å². The summed E-state index contributed by atoms with van der Waals surface area (Å²) >= 11 is 0. The Kier molecular flexibility index (Phi) is 4.38. The van der Waals surface area contributed by atoms with Gasteiger partial charge in [0, 0.05) is 17.1 Å². The molecular formula is C21H16FN3O2. The molecule has 1 N–H and O–H groups in total. The maximum Gasteiger partial charge on any atom is 0.230 e. The molecular weight excluding hydrogens is 345 g/mol. The van der Waals surface area contributed by atoms with Gasteiger partial charge in [-0.1, -0.05) is 24.3 Å². The Morgan fingerprint density at radius 1 is 1.15 bits per heavy atom. The second-order valence-corrected chi connectivity index (χ2v) is 6.14. The van der Waals surface area contributed by atoms with Gasteiger partial charge in [0.15, 0.2) is 0 Å². The van der Waals surface area contributed by atoms with Crippen LogP contribution in [-0.4, -0.2) is 15.9 Å². The molecule has 0 fully saturated rings. The Morgan fingerprint density at radius 3 is 2.81 bits per heavy atom. The van der Waals surface area contributed by atoms with Gasteiger partial charge >= 0.3 is 0 Å². The number of benzene rings is 2. The van der Waals surface area contributed by atoms with Gasteiger partial charge in [0.1, 0.15) is 11.6 Å². The summed E-state index contributed by atoms with van der Waals surface area (Å²) in [6, 6.07) is 15.4. The van der Waals surface area contributed by atoms with Crippen LogP contribution >= 0.6 is 0 Å². The van der Waals surface area contributed by atoms with E-state index < -0.39 is 0 Å². The monoisotopic (exact) mass is 361 g/mol. The molecule has 6 heteroatoms. The summed E-state index contributed by atoms with van der Waals surface area (Å²) in [5.41, 5.74) is 2.42. The number of halogens is 1. The topological polar surface area (TPSA) is 68.0 Å². The summed E-state index contributed by atoms with van der Waals surface area (Å²) in [4.78, 5) is 21.2. The predicted molar refractivity (Wildman–Crippen MR) is 101 cm³/mol. The Morgan fingerprint density at radius 2 is 1.96 bits per heavy atom. The van der Waals surface area contributed by atoms with E-state index in [1.807, 2.05) is 24.3 Å². The summed E-state index contributed by atoms with van der Waals surface area (Å²) < 4.78 is 19.0. The van der Waals surface area contributed by atoms with E-state index >= 15 is 0 Å². The number of hydrogen-bond acceptors (Lipinski definition) is 4. The maximum absolute atomic E-state index is 13.4. The van der Waals surface area contributed by atoms with Gasteiger partial charge in [-0.2, -0.15) is 0 Å². The van der Waals surface area contributed by atoms with Crippen LogP contribution in [-0.2, 0) is 11.2 Å². The zero-order chi connectivity index (χ0) is 18.8. The second kappa shape index (κ2) is 6.99. The molecule has 2 aromatic heterocycles. The number of amides is 1. The van der Waals surface area contributed by atoms with Crippen molar-refractivity contribution in [3.63, 3.8) is 0 Å². The van der Waals surface area contributed by atoms with Crippen molar-refractivity contribution in [1.29, 1.82) is 0 Å². The van der Waals surface area contributed by atoms with E-state index in [0.29, 0.717) is 28.6 Å². The molecule has 0 radical (unpaired) electrons. The molecule has 0 saturated carbocycles. The van der Waals surface area contributed by atoms with Gasteiger partial charge in [-0.05, 0) is 37.3 Å². The third kappa shape index (κ3) is 3.55. The number of pyridine rings is 1. The number of para-hydroxylation sites is 1. The molecule has 27 heavy (non-hydrogen) atoms. The highest BCUT2D eigenvalue weighted by Crippen LogP contribution is 2.24. The summed E-state index contributed by atoms with van der Waals surface area (Å²) in [6.07, 6.45) is 1.74. The first-order chi connectivity index (χ1) is 13.1. The fraction of sp³-hybridized carbons (Fsp3) is 0.0952. The van der Waals surface area contributed by atoms with Crippen LogP contribution in [0.2, 0.25) is 0 Å². The van der Waals surface area contributed by atoms with E-state index in [-0.39, 0.29) is 18.1 Å². The maximum atomic E-state index is 13.4. The number of carbonyl (C=O) groups is 1. The third-order valence-electron chi connectivity index (χ3n) is 4.20. The van der Waals surface area contributed by atoms with Crippen molar-refractivity contribution in [1.82, 2.24) is 9.97 Å². The lowest BCUT2D eigenvalue weighted by Crippen LogP contribution is -2.15. The number of anilines is 1. The minimum atomic E-state index is -0.369. The van der Waals surface area contributed by atoms with E-state index in [2.05, 4.69) is 15.3 Å². The van der Waals surface area contributed by atoms with Gasteiger partial charge in [0.2, 0.25) is 11.8 Å². The first kappa shape index (κ1) is 16.9. The van der Waals surface area contributed by atoms with Crippen molar-refractivity contribution in [3.8, 4) is 11.5 Å². The normalized spacial score (nSPS) is 10.9. The van der Waals surface area contributed by atoms with E-state index in [1.165, 1.54) is 12.1 Å². The van der Waals surface area contributed by atoms with E-state index in [9.17, 15) is 9.18 Å². The molecule has 5 nitrogen and oxygen atoms in total. The molecule has 4 rings (SSSR count). The Balaban J connectivity index is 1.55. The fourth-order valence-electron chi connectivity index (χ4n) is 2.89. The summed E-state index contributed by atoms with van der Waals surface area (Å²) in [7, 11) is 0. The largest absolute Gasteiger partial charge is 0.441 e. The number of nitrogens with zero attached hydrogens (tertiary/aromatic N) is 2. The number of aryl methyl sites for hydroxylation is 1. The van der Waals surface area contributed by atoms with Gasteiger partial charge in [-0.25, -0.2) is 9.37 Å². The number of aromatic nitrogens is 2. The minimum absolute atomic E-state index is 0.0495. The van der Waals surface area contributed by atoms with Crippen LogP contribution in [0, 0.1) is 12.7 Å². The molecule has 2 aromatic carbocycles. The van der Waals surface area contributed by atoms with E-state index in [1.54, 1.807) is 31.3 Å². The molecule has 0 aliphatic heterocycles. The molecule has 0 aliphatic rings. The molecule has 1 amide bonds.